The molecule has 0 atom stereocenters. The first-order valence-corrected chi connectivity index (χ1v) is 12.9. The smallest absolute Gasteiger partial charge is 0.412 e. The molecule has 1 aliphatic heterocycles. The summed E-state index contributed by atoms with van der Waals surface area (Å²) in [6, 6.07) is 9.53. The molecule has 196 valence electrons. The number of hydrogen-bond acceptors (Lipinski definition) is 7. The number of carboxylic acid groups (broad SMARTS) is 1. The van der Waals surface area contributed by atoms with Crippen LogP contribution in [0.4, 0.5) is 14.9 Å². The average molecular weight is 546 g/mol. The first-order chi connectivity index (χ1) is 17.4. The monoisotopic (exact) mass is 545 g/mol. The fraction of sp³-hybridized carbons (Fsp3) is 0.346. The number of anilines is 1. The number of thioether (sulfide) groups is 1. The van der Waals surface area contributed by atoms with Gasteiger partial charge in [0.15, 0.2) is 0 Å². The topological polar surface area (TPSA) is 109 Å². The number of unbranched alkanes of at least 4 members (excludes halogenated alkanes) is 2. The lowest BCUT2D eigenvalue weighted by molar-refractivity contribution is -0.137. The van der Waals surface area contributed by atoms with Gasteiger partial charge in [0.2, 0.25) is 0 Å². The summed E-state index contributed by atoms with van der Waals surface area (Å²) in [6.07, 6.45) is 2.89. The molecule has 1 aliphatic rings. The van der Waals surface area contributed by atoms with Crippen molar-refractivity contribution in [1.82, 2.24) is 9.88 Å². The van der Waals surface area contributed by atoms with Crippen molar-refractivity contribution in [3.05, 3.63) is 52.8 Å². The van der Waals surface area contributed by atoms with Crippen molar-refractivity contribution >= 4 is 58.0 Å². The van der Waals surface area contributed by atoms with Gasteiger partial charge < -0.3 is 9.84 Å². The molecule has 0 saturated carbocycles. The lowest BCUT2D eigenvalue weighted by Gasteiger charge is -2.19. The fourth-order valence-corrected chi connectivity index (χ4v) is 4.73. The highest BCUT2D eigenvalue weighted by atomic mass is 32.2. The SMILES string of the molecule is CC(C)(C)OC(=O)Nc1ccc(-c2cccc(/C=C3\SC(=S)N(CCCCCC(=O)O)C3=O)n2)cc1F. The van der Waals surface area contributed by atoms with E-state index in [9.17, 15) is 18.8 Å². The van der Waals surface area contributed by atoms with E-state index in [2.05, 4.69) is 10.3 Å². The molecule has 37 heavy (non-hydrogen) atoms. The van der Waals surface area contributed by atoms with Gasteiger partial charge in [-0.25, -0.2) is 14.2 Å². The maximum absolute atomic E-state index is 14.7. The average Bonchev–Trinajstić information content (AvgIpc) is 3.06. The highest BCUT2D eigenvalue weighted by Gasteiger charge is 2.31. The number of carboxylic acids is 1. The summed E-state index contributed by atoms with van der Waals surface area (Å²) in [6.45, 7) is 5.58. The molecule has 1 aromatic heterocycles. The number of pyridine rings is 1. The molecule has 0 bridgehead atoms. The van der Waals surface area contributed by atoms with E-state index >= 15 is 0 Å². The van der Waals surface area contributed by atoms with Crippen LogP contribution in [-0.4, -0.2) is 49.4 Å². The second-order valence-corrected chi connectivity index (χ2v) is 11.0. The summed E-state index contributed by atoms with van der Waals surface area (Å²) in [4.78, 5) is 41.9. The Labute approximate surface area is 224 Å². The predicted molar refractivity (Wildman–Crippen MR) is 145 cm³/mol. The molecule has 1 aromatic carbocycles. The van der Waals surface area contributed by atoms with Crippen LogP contribution >= 0.6 is 24.0 Å². The molecular formula is C26H28FN3O5S2. The van der Waals surface area contributed by atoms with E-state index in [-0.39, 0.29) is 18.0 Å². The molecule has 0 radical (unpaired) electrons. The van der Waals surface area contributed by atoms with E-state index in [1.54, 1.807) is 51.1 Å². The minimum atomic E-state index is -0.834. The minimum Gasteiger partial charge on any atom is -0.481 e. The van der Waals surface area contributed by atoms with Crippen LogP contribution in [0.1, 0.15) is 52.1 Å². The quantitative estimate of drug-likeness (QED) is 0.222. The van der Waals surface area contributed by atoms with Crippen LogP contribution in [0.25, 0.3) is 17.3 Å². The second kappa shape index (κ2) is 12.3. The first-order valence-electron chi connectivity index (χ1n) is 11.7. The number of amides is 2. The number of thiocarbonyl (C=S) groups is 1. The highest BCUT2D eigenvalue weighted by molar-refractivity contribution is 8.26. The molecule has 0 unspecified atom stereocenters. The molecule has 2 amide bonds. The largest absolute Gasteiger partial charge is 0.481 e. The standard InChI is InChI=1S/C26H28FN3O5S2/c1-26(2,3)35-24(34)29-20-12-11-16(14-18(20)27)19-9-7-8-17(28-19)15-21-23(33)30(25(36)37-21)13-6-4-5-10-22(31)32/h7-9,11-12,14-15H,4-6,10,13H2,1-3H3,(H,29,34)(H,31,32)/b21-15-. The molecule has 11 heteroatoms. The van der Waals surface area contributed by atoms with Gasteiger partial charge in [-0.3, -0.25) is 19.8 Å². The molecule has 8 nitrogen and oxygen atoms in total. The summed E-state index contributed by atoms with van der Waals surface area (Å²) in [5, 5.41) is 11.1. The van der Waals surface area contributed by atoms with Gasteiger partial charge >= 0.3 is 12.1 Å². The van der Waals surface area contributed by atoms with E-state index in [0.29, 0.717) is 52.0 Å². The van der Waals surface area contributed by atoms with E-state index < -0.39 is 23.5 Å². The molecule has 1 saturated heterocycles. The Bertz CT molecular complexity index is 1240. The van der Waals surface area contributed by atoms with Crippen molar-refractivity contribution in [2.24, 2.45) is 0 Å². The van der Waals surface area contributed by atoms with E-state index in [1.807, 2.05) is 0 Å². The number of aliphatic carboxylic acids is 1. The van der Waals surface area contributed by atoms with Crippen molar-refractivity contribution in [3.63, 3.8) is 0 Å². The Morgan fingerprint density at radius 2 is 1.97 bits per heavy atom. The molecule has 1 fully saturated rings. The zero-order chi connectivity index (χ0) is 27.2. The number of halogens is 1. The van der Waals surface area contributed by atoms with Gasteiger partial charge in [0.05, 0.1) is 22.0 Å². The van der Waals surface area contributed by atoms with Crippen molar-refractivity contribution in [1.29, 1.82) is 0 Å². The van der Waals surface area contributed by atoms with Crippen molar-refractivity contribution in [2.45, 2.75) is 52.1 Å². The molecule has 2 heterocycles. The fourth-order valence-electron chi connectivity index (χ4n) is 3.43. The van der Waals surface area contributed by atoms with Crippen molar-refractivity contribution in [3.8, 4) is 11.3 Å². The van der Waals surface area contributed by atoms with Gasteiger partial charge in [-0.05, 0) is 64.0 Å². The minimum absolute atomic E-state index is 0.0132. The molecule has 0 aliphatic carbocycles. The third-order valence-corrected chi connectivity index (χ3v) is 6.47. The summed E-state index contributed by atoms with van der Waals surface area (Å²) in [7, 11) is 0. The summed E-state index contributed by atoms with van der Waals surface area (Å²) in [5.41, 5.74) is 0.777. The third-order valence-electron chi connectivity index (χ3n) is 5.10. The van der Waals surface area contributed by atoms with Crippen molar-refractivity contribution < 1.29 is 28.6 Å². The Morgan fingerprint density at radius 3 is 2.65 bits per heavy atom. The Kier molecular flexibility index (Phi) is 9.39. The maximum atomic E-state index is 14.7. The van der Waals surface area contributed by atoms with Gasteiger partial charge in [-0.1, -0.05) is 42.5 Å². The molecule has 0 spiro atoms. The number of aromatic nitrogens is 1. The van der Waals surface area contributed by atoms with Crippen LogP contribution in [0.15, 0.2) is 41.3 Å². The van der Waals surface area contributed by atoms with Gasteiger partial charge in [-0.2, -0.15) is 0 Å². The number of carbonyl (C=O) groups is 3. The number of rotatable bonds is 9. The number of nitrogens with one attached hydrogen (secondary N) is 1. The summed E-state index contributed by atoms with van der Waals surface area (Å²) < 4.78 is 20.3. The second-order valence-electron chi connectivity index (χ2n) is 9.31. The maximum Gasteiger partial charge on any atom is 0.412 e. The number of nitrogens with zero attached hydrogens (tertiary/aromatic N) is 2. The molecule has 2 aromatic rings. The van der Waals surface area contributed by atoms with E-state index in [1.165, 1.54) is 28.8 Å². The zero-order valence-corrected chi connectivity index (χ0v) is 22.4. The number of hydrogen-bond donors (Lipinski definition) is 2. The summed E-state index contributed by atoms with van der Waals surface area (Å²) >= 11 is 6.53. The van der Waals surface area contributed by atoms with Crippen molar-refractivity contribution in [2.75, 3.05) is 11.9 Å². The van der Waals surface area contributed by atoms with Gasteiger partial charge in [0, 0.05) is 18.5 Å². The number of carbonyl (C=O) groups excluding carboxylic acids is 2. The zero-order valence-electron chi connectivity index (χ0n) is 20.7. The normalized spacial score (nSPS) is 14.8. The number of ether oxygens (including phenoxy) is 1. The molecule has 3 rings (SSSR count). The van der Waals surface area contributed by atoms with Crippen LogP contribution in [0.3, 0.4) is 0 Å². The Balaban J connectivity index is 1.68. The first kappa shape index (κ1) is 28.3. The summed E-state index contributed by atoms with van der Waals surface area (Å²) in [5.74, 6) is -1.69. The number of benzene rings is 1. The van der Waals surface area contributed by atoms with Crippen LogP contribution in [0.2, 0.25) is 0 Å². The predicted octanol–water partition coefficient (Wildman–Crippen LogP) is 6.08. The van der Waals surface area contributed by atoms with Crippen LogP contribution in [0.5, 0.6) is 0 Å². The van der Waals surface area contributed by atoms with Crippen LogP contribution < -0.4 is 5.32 Å². The lowest BCUT2D eigenvalue weighted by Crippen LogP contribution is -2.29. The van der Waals surface area contributed by atoms with Gasteiger partial charge in [0.1, 0.15) is 15.7 Å². The molecule has 2 N–H and O–H groups in total. The Hall–Kier alpha value is -3.31. The third kappa shape index (κ3) is 8.36. The highest BCUT2D eigenvalue weighted by Crippen LogP contribution is 2.33. The van der Waals surface area contributed by atoms with Crippen LogP contribution in [-0.2, 0) is 14.3 Å². The lowest BCUT2D eigenvalue weighted by atomic mass is 10.1. The van der Waals surface area contributed by atoms with Gasteiger partial charge in [0.25, 0.3) is 5.91 Å². The van der Waals surface area contributed by atoms with Gasteiger partial charge in [-0.15, -0.1) is 0 Å². The van der Waals surface area contributed by atoms with E-state index in [4.69, 9.17) is 22.1 Å². The van der Waals surface area contributed by atoms with E-state index in [0.717, 1.165) is 0 Å². The van der Waals surface area contributed by atoms with Crippen LogP contribution in [0, 0.1) is 5.82 Å². The Morgan fingerprint density at radius 1 is 1.22 bits per heavy atom. The molecular weight excluding hydrogens is 517 g/mol.